The van der Waals surface area contributed by atoms with Gasteiger partial charge < -0.3 is 16.2 Å². The molecule has 0 saturated carbocycles. The summed E-state index contributed by atoms with van der Waals surface area (Å²) < 4.78 is 13.5. The second-order valence-corrected chi connectivity index (χ2v) is 5.86. The van der Waals surface area contributed by atoms with E-state index in [1.165, 1.54) is 6.07 Å². The van der Waals surface area contributed by atoms with E-state index in [4.69, 9.17) is 5.73 Å². The predicted molar refractivity (Wildman–Crippen MR) is 76.0 cm³/mol. The van der Waals surface area contributed by atoms with Crippen LogP contribution in [-0.2, 0) is 0 Å². The highest BCUT2D eigenvalue weighted by Gasteiger charge is 2.19. The van der Waals surface area contributed by atoms with E-state index in [-0.39, 0.29) is 0 Å². The Balaban J connectivity index is 2.73. The smallest absolute Gasteiger partial charge is 0.139 e. The minimum absolute atomic E-state index is 0.325. The first-order valence-corrected chi connectivity index (χ1v) is 7.24. The number of hydrogen-bond acceptors (Lipinski definition) is 4. The first-order valence-electron chi connectivity index (χ1n) is 5.05. The monoisotopic (exact) mass is 322 g/mol. The lowest BCUT2D eigenvalue weighted by molar-refractivity contribution is 0.0997. The number of anilines is 2. The summed E-state index contributed by atoms with van der Waals surface area (Å²) >= 11 is 4.66. The molecule has 1 unspecified atom stereocenters. The fraction of sp³-hybridized carbons (Fsp3) is 0.455. The minimum atomic E-state index is -0.827. The van der Waals surface area contributed by atoms with Crippen molar-refractivity contribution >= 4 is 39.1 Å². The number of hydrogen-bond donors (Lipinski definition) is 3. The van der Waals surface area contributed by atoms with Gasteiger partial charge in [0.05, 0.1) is 21.4 Å². The Morgan fingerprint density at radius 1 is 1.59 bits per heavy atom. The Hall–Kier alpha value is -0.460. The molecule has 0 fully saturated rings. The van der Waals surface area contributed by atoms with Gasteiger partial charge in [0.25, 0.3) is 0 Å². The molecule has 0 aliphatic rings. The third-order valence-electron chi connectivity index (χ3n) is 2.21. The van der Waals surface area contributed by atoms with Crippen LogP contribution in [0.15, 0.2) is 16.6 Å². The maximum Gasteiger partial charge on any atom is 0.139 e. The molecule has 0 bridgehead atoms. The number of nitrogens with two attached hydrogens (primary N) is 1. The van der Waals surface area contributed by atoms with E-state index in [2.05, 4.69) is 21.2 Å². The maximum atomic E-state index is 13.1. The van der Waals surface area contributed by atoms with Crippen molar-refractivity contribution in [1.82, 2.24) is 0 Å². The van der Waals surface area contributed by atoms with Crippen LogP contribution in [-0.4, -0.2) is 29.3 Å². The summed E-state index contributed by atoms with van der Waals surface area (Å²) in [7, 11) is 0. The summed E-state index contributed by atoms with van der Waals surface area (Å²) in [4.78, 5) is 0. The Bertz CT molecular complexity index is 401. The maximum absolute atomic E-state index is 13.1. The molecule has 6 heteroatoms. The van der Waals surface area contributed by atoms with Crippen molar-refractivity contribution in [2.75, 3.05) is 29.6 Å². The summed E-state index contributed by atoms with van der Waals surface area (Å²) in [5.74, 6) is 0.214. The SMILES string of the molecule is CSCC(C)(O)CNc1cc(Br)c(F)cc1N. The van der Waals surface area contributed by atoms with Gasteiger partial charge in [-0.25, -0.2) is 4.39 Å². The number of nitrogen functional groups attached to an aromatic ring is 1. The number of benzene rings is 1. The normalized spacial score (nSPS) is 14.4. The second kappa shape index (κ2) is 5.93. The molecule has 1 aromatic rings. The highest BCUT2D eigenvalue weighted by atomic mass is 79.9. The van der Waals surface area contributed by atoms with Crippen molar-refractivity contribution < 1.29 is 9.50 Å². The van der Waals surface area contributed by atoms with Crippen LogP contribution in [0.2, 0.25) is 0 Å². The van der Waals surface area contributed by atoms with Crippen molar-refractivity contribution in [3.05, 3.63) is 22.4 Å². The highest BCUT2D eigenvalue weighted by molar-refractivity contribution is 9.10. The zero-order valence-electron chi connectivity index (χ0n) is 9.76. The first-order chi connectivity index (χ1) is 7.85. The van der Waals surface area contributed by atoms with Gasteiger partial charge >= 0.3 is 0 Å². The highest BCUT2D eigenvalue weighted by Crippen LogP contribution is 2.27. The first kappa shape index (κ1) is 14.6. The van der Waals surface area contributed by atoms with Gasteiger partial charge in [-0.05, 0) is 35.2 Å². The van der Waals surface area contributed by atoms with Gasteiger partial charge in [-0.1, -0.05) is 0 Å². The van der Waals surface area contributed by atoms with Crippen LogP contribution in [0.4, 0.5) is 15.8 Å². The van der Waals surface area contributed by atoms with Gasteiger partial charge in [-0.15, -0.1) is 0 Å². The Kier molecular flexibility index (Phi) is 5.09. The summed E-state index contributed by atoms with van der Waals surface area (Å²) in [6.07, 6.45) is 1.93. The number of rotatable bonds is 5. The molecule has 0 heterocycles. The molecule has 3 nitrogen and oxygen atoms in total. The molecule has 1 rings (SSSR count). The molecular weight excluding hydrogens is 307 g/mol. The average molecular weight is 323 g/mol. The Labute approximate surface area is 113 Å². The summed E-state index contributed by atoms with van der Waals surface area (Å²) in [5, 5.41) is 13.0. The molecule has 1 aromatic carbocycles. The third-order valence-corrected chi connectivity index (χ3v) is 3.73. The number of nitrogens with one attached hydrogen (secondary N) is 1. The Morgan fingerprint density at radius 3 is 2.82 bits per heavy atom. The zero-order valence-corrected chi connectivity index (χ0v) is 12.2. The standard InChI is InChI=1S/C11H16BrFN2OS/c1-11(16,6-17-2)5-15-10-3-7(12)8(13)4-9(10)14/h3-4,15-16H,5-6,14H2,1-2H3. The molecule has 0 aliphatic heterocycles. The van der Waals surface area contributed by atoms with Gasteiger partial charge in [0.1, 0.15) is 5.82 Å². The van der Waals surface area contributed by atoms with E-state index >= 15 is 0 Å². The lowest BCUT2D eigenvalue weighted by Gasteiger charge is -2.23. The number of aliphatic hydroxyl groups is 1. The summed E-state index contributed by atoms with van der Waals surface area (Å²) in [6, 6.07) is 2.82. The molecule has 0 aliphatic carbocycles. The molecule has 0 radical (unpaired) electrons. The van der Waals surface area contributed by atoms with Crippen molar-refractivity contribution in [3.8, 4) is 0 Å². The summed E-state index contributed by atoms with van der Waals surface area (Å²) in [5.41, 5.74) is 5.79. The van der Waals surface area contributed by atoms with Crippen LogP contribution in [0.1, 0.15) is 6.92 Å². The van der Waals surface area contributed by atoms with Gasteiger partial charge in [-0.3, -0.25) is 0 Å². The van der Waals surface area contributed by atoms with Crippen molar-refractivity contribution in [3.63, 3.8) is 0 Å². The van der Waals surface area contributed by atoms with Crippen LogP contribution in [0, 0.1) is 5.82 Å². The molecule has 17 heavy (non-hydrogen) atoms. The molecule has 0 aromatic heterocycles. The van der Waals surface area contributed by atoms with E-state index in [1.54, 1.807) is 24.8 Å². The van der Waals surface area contributed by atoms with Crippen LogP contribution in [0.5, 0.6) is 0 Å². The third kappa shape index (κ3) is 4.37. The fourth-order valence-electron chi connectivity index (χ4n) is 1.36. The largest absolute Gasteiger partial charge is 0.397 e. The van der Waals surface area contributed by atoms with Gasteiger partial charge in [0, 0.05) is 18.4 Å². The topological polar surface area (TPSA) is 58.3 Å². The molecule has 0 saturated heterocycles. The zero-order chi connectivity index (χ0) is 13.1. The average Bonchev–Trinajstić information content (AvgIpc) is 2.21. The van der Waals surface area contributed by atoms with Crippen molar-refractivity contribution in [2.45, 2.75) is 12.5 Å². The van der Waals surface area contributed by atoms with Gasteiger partial charge in [-0.2, -0.15) is 11.8 Å². The molecule has 0 amide bonds. The van der Waals surface area contributed by atoms with E-state index in [9.17, 15) is 9.50 Å². The Morgan fingerprint density at radius 2 is 2.24 bits per heavy atom. The van der Waals surface area contributed by atoms with Crippen LogP contribution < -0.4 is 11.1 Å². The van der Waals surface area contributed by atoms with E-state index in [0.717, 1.165) is 0 Å². The predicted octanol–water partition coefficient (Wildman–Crippen LogP) is 2.70. The van der Waals surface area contributed by atoms with Gasteiger partial charge in [0.2, 0.25) is 0 Å². The molecule has 1 atom stereocenters. The quantitative estimate of drug-likeness (QED) is 0.729. The van der Waals surface area contributed by atoms with Crippen molar-refractivity contribution in [1.29, 1.82) is 0 Å². The summed E-state index contributed by atoms with van der Waals surface area (Å²) in [6.45, 7) is 2.10. The lowest BCUT2D eigenvalue weighted by Crippen LogP contribution is -2.36. The molecule has 0 spiro atoms. The van der Waals surface area contributed by atoms with Crippen molar-refractivity contribution in [2.24, 2.45) is 0 Å². The second-order valence-electron chi connectivity index (χ2n) is 4.14. The molecular formula is C11H16BrFN2OS. The van der Waals surface area contributed by atoms with Crippen LogP contribution >= 0.6 is 27.7 Å². The fourth-order valence-corrected chi connectivity index (χ4v) is 2.43. The van der Waals surface area contributed by atoms with Gasteiger partial charge in [0.15, 0.2) is 0 Å². The molecule has 4 N–H and O–H groups in total. The van der Waals surface area contributed by atoms with E-state index < -0.39 is 11.4 Å². The molecule has 96 valence electrons. The lowest BCUT2D eigenvalue weighted by atomic mass is 10.1. The van der Waals surface area contributed by atoms with E-state index in [1.807, 2.05) is 6.26 Å². The number of halogens is 2. The van der Waals surface area contributed by atoms with E-state index in [0.29, 0.717) is 28.1 Å². The number of thioether (sulfide) groups is 1. The van der Waals surface area contributed by atoms with Crippen LogP contribution in [0.3, 0.4) is 0 Å². The minimum Gasteiger partial charge on any atom is -0.397 e. The van der Waals surface area contributed by atoms with Crippen LogP contribution in [0.25, 0.3) is 0 Å².